The lowest BCUT2D eigenvalue weighted by Crippen LogP contribution is -2.44. The van der Waals surface area contributed by atoms with E-state index in [4.69, 9.17) is 4.42 Å². The van der Waals surface area contributed by atoms with Crippen molar-refractivity contribution in [2.24, 2.45) is 0 Å². The van der Waals surface area contributed by atoms with E-state index in [1.165, 1.54) is 0 Å². The highest BCUT2D eigenvalue weighted by atomic mass is 32.2. The van der Waals surface area contributed by atoms with E-state index in [1.807, 2.05) is 30.3 Å². The van der Waals surface area contributed by atoms with E-state index < -0.39 is 15.6 Å². The lowest BCUT2D eigenvalue weighted by Gasteiger charge is -2.34. The summed E-state index contributed by atoms with van der Waals surface area (Å²) in [6.45, 7) is 3.66. The maximum Gasteiger partial charge on any atom is 0.419 e. The molecule has 1 saturated heterocycles. The van der Waals surface area contributed by atoms with E-state index in [0.717, 1.165) is 37.1 Å². The Balaban J connectivity index is 1.23. The van der Waals surface area contributed by atoms with Crippen molar-refractivity contribution < 1.29 is 17.6 Å². The summed E-state index contributed by atoms with van der Waals surface area (Å²) in [4.78, 5) is 27.0. The molecule has 33 heavy (non-hydrogen) atoms. The number of amides is 1. The highest BCUT2D eigenvalue weighted by Gasteiger charge is 2.21. The molecular weight excluding hydrogens is 442 g/mol. The van der Waals surface area contributed by atoms with E-state index in [9.17, 15) is 18.0 Å². The number of aryl methyl sites for hydroxylation is 1. The molecule has 1 N–H and O–H groups in total. The summed E-state index contributed by atoms with van der Waals surface area (Å²) >= 11 is 0. The lowest BCUT2D eigenvalue weighted by atomic mass is 10.0. The van der Waals surface area contributed by atoms with Crippen molar-refractivity contribution in [3.8, 4) is 0 Å². The summed E-state index contributed by atoms with van der Waals surface area (Å²) in [6, 6.07) is 14.4. The SMILES string of the molecule is CCS(=O)(=O)c1ccc(N2CCC(NC(=O)CCCn3c(=O)oc4ccccc43)CC2)cc1. The third kappa shape index (κ3) is 5.30. The van der Waals surface area contributed by atoms with Crippen LogP contribution in [0.15, 0.2) is 62.6 Å². The molecule has 1 aromatic heterocycles. The van der Waals surface area contributed by atoms with Crippen LogP contribution in [0.2, 0.25) is 0 Å². The van der Waals surface area contributed by atoms with Gasteiger partial charge in [0.2, 0.25) is 5.91 Å². The summed E-state index contributed by atoms with van der Waals surface area (Å²) in [7, 11) is -3.19. The van der Waals surface area contributed by atoms with Crippen LogP contribution in [0.1, 0.15) is 32.6 Å². The van der Waals surface area contributed by atoms with E-state index in [2.05, 4.69) is 10.2 Å². The molecule has 8 nitrogen and oxygen atoms in total. The Kier molecular flexibility index (Phi) is 6.88. The van der Waals surface area contributed by atoms with Crippen LogP contribution in [0.5, 0.6) is 0 Å². The first-order valence-corrected chi connectivity index (χ1v) is 13.0. The standard InChI is InChI=1S/C24H29N3O5S/c1-2-33(30,31)20-11-9-19(10-12-20)26-16-13-18(14-17-26)25-23(28)8-5-15-27-21-6-3-4-7-22(21)32-24(27)29/h3-4,6-7,9-12,18H,2,5,8,13-17H2,1H3,(H,25,28). The Morgan fingerprint density at radius 3 is 2.48 bits per heavy atom. The van der Waals surface area contributed by atoms with Gasteiger partial charge in [0.15, 0.2) is 15.4 Å². The number of nitrogens with zero attached hydrogens (tertiary/aromatic N) is 2. The molecule has 1 aliphatic heterocycles. The third-order valence-corrected chi connectivity index (χ3v) is 7.91. The predicted octanol–water partition coefficient (Wildman–Crippen LogP) is 2.95. The zero-order valence-electron chi connectivity index (χ0n) is 18.7. The maximum atomic E-state index is 12.4. The normalized spacial score (nSPS) is 15.1. The topological polar surface area (TPSA) is 102 Å². The van der Waals surface area contributed by atoms with Crippen LogP contribution in [0.25, 0.3) is 11.1 Å². The van der Waals surface area contributed by atoms with E-state index in [-0.39, 0.29) is 17.7 Å². The van der Waals surface area contributed by atoms with Crippen LogP contribution in [0, 0.1) is 0 Å². The van der Waals surface area contributed by atoms with E-state index in [0.29, 0.717) is 29.9 Å². The molecule has 4 rings (SSSR count). The minimum Gasteiger partial charge on any atom is -0.408 e. The molecule has 9 heteroatoms. The first-order chi connectivity index (χ1) is 15.9. The van der Waals surface area contributed by atoms with Gasteiger partial charge in [0, 0.05) is 37.8 Å². The molecule has 1 aliphatic rings. The average Bonchev–Trinajstić information content (AvgIpc) is 3.15. The van der Waals surface area contributed by atoms with Crippen LogP contribution in [0.3, 0.4) is 0 Å². The lowest BCUT2D eigenvalue weighted by molar-refractivity contribution is -0.122. The van der Waals surface area contributed by atoms with Crippen molar-refractivity contribution in [2.45, 2.75) is 50.1 Å². The van der Waals surface area contributed by atoms with Crippen LogP contribution in [-0.4, -0.2) is 43.8 Å². The number of piperidine rings is 1. The number of carbonyl (C=O) groups excluding carboxylic acids is 1. The van der Waals surface area contributed by atoms with Gasteiger partial charge in [0.25, 0.3) is 0 Å². The summed E-state index contributed by atoms with van der Waals surface area (Å²) < 4.78 is 30.7. The Morgan fingerprint density at radius 1 is 1.09 bits per heavy atom. The van der Waals surface area contributed by atoms with Crippen molar-refractivity contribution in [3.05, 3.63) is 59.1 Å². The largest absolute Gasteiger partial charge is 0.419 e. The van der Waals surface area contributed by atoms with Crippen LogP contribution in [0.4, 0.5) is 5.69 Å². The number of anilines is 1. The summed E-state index contributed by atoms with van der Waals surface area (Å²) in [5.41, 5.74) is 2.29. The second-order valence-electron chi connectivity index (χ2n) is 8.32. The highest BCUT2D eigenvalue weighted by molar-refractivity contribution is 7.91. The molecular formula is C24H29N3O5S. The number of fused-ring (bicyclic) bond motifs is 1. The molecule has 0 unspecified atom stereocenters. The molecule has 0 atom stereocenters. The maximum absolute atomic E-state index is 12.4. The van der Waals surface area contributed by atoms with Crippen molar-refractivity contribution in [1.29, 1.82) is 0 Å². The van der Waals surface area contributed by atoms with Gasteiger partial charge >= 0.3 is 5.76 Å². The zero-order chi connectivity index (χ0) is 23.4. The van der Waals surface area contributed by atoms with Gasteiger partial charge in [0.05, 0.1) is 16.2 Å². The molecule has 0 radical (unpaired) electrons. The molecule has 3 aromatic rings. The molecule has 0 bridgehead atoms. The fraction of sp³-hybridized carbons (Fsp3) is 0.417. The predicted molar refractivity (Wildman–Crippen MR) is 127 cm³/mol. The fourth-order valence-corrected chi connectivity index (χ4v) is 5.12. The first-order valence-electron chi connectivity index (χ1n) is 11.3. The van der Waals surface area contributed by atoms with Crippen LogP contribution in [-0.2, 0) is 21.2 Å². The Labute approximate surface area is 193 Å². The fourth-order valence-electron chi connectivity index (χ4n) is 4.24. The number of carbonyl (C=O) groups is 1. The molecule has 0 saturated carbocycles. The zero-order valence-corrected chi connectivity index (χ0v) is 19.5. The highest BCUT2D eigenvalue weighted by Crippen LogP contribution is 2.22. The molecule has 176 valence electrons. The molecule has 1 amide bonds. The number of oxazole rings is 1. The quantitative estimate of drug-likeness (QED) is 0.542. The number of hydrogen-bond acceptors (Lipinski definition) is 6. The van der Waals surface area contributed by atoms with Gasteiger partial charge in [-0.2, -0.15) is 0 Å². The number of nitrogens with one attached hydrogen (secondary N) is 1. The van der Waals surface area contributed by atoms with Gasteiger partial charge in [-0.25, -0.2) is 13.2 Å². The average molecular weight is 472 g/mol. The van der Waals surface area contributed by atoms with Crippen molar-refractivity contribution in [3.63, 3.8) is 0 Å². The Bertz CT molecular complexity index is 1270. The Morgan fingerprint density at radius 2 is 1.79 bits per heavy atom. The minimum absolute atomic E-state index is 0.0107. The van der Waals surface area contributed by atoms with E-state index in [1.54, 1.807) is 29.7 Å². The molecule has 0 spiro atoms. The number of rotatable bonds is 8. The third-order valence-electron chi connectivity index (χ3n) is 6.16. The second kappa shape index (κ2) is 9.82. The number of aromatic nitrogens is 1. The summed E-state index contributed by atoms with van der Waals surface area (Å²) in [6.07, 6.45) is 2.56. The smallest absolute Gasteiger partial charge is 0.408 e. The second-order valence-corrected chi connectivity index (χ2v) is 10.6. The number of para-hydroxylation sites is 2. The van der Waals surface area contributed by atoms with Crippen molar-refractivity contribution in [2.75, 3.05) is 23.7 Å². The van der Waals surface area contributed by atoms with Crippen LogP contribution >= 0.6 is 0 Å². The number of hydrogen-bond donors (Lipinski definition) is 1. The van der Waals surface area contributed by atoms with Crippen LogP contribution < -0.4 is 16.0 Å². The van der Waals surface area contributed by atoms with Gasteiger partial charge in [-0.15, -0.1) is 0 Å². The summed E-state index contributed by atoms with van der Waals surface area (Å²) in [5, 5.41) is 3.10. The van der Waals surface area contributed by atoms with Crippen molar-refractivity contribution in [1.82, 2.24) is 9.88 Å². The molecule has 2 aromatic carbocycles. The van der Waals surface area contributed by atoms with Gasteiger partial charge in [0.1, 0.15) is 0 Å². The van der Waals surface area contributed by atoms with E-state index >= 15 is 0 Å². The van der Waals surface area contributed by atoms with Gasteiger partial charge in [-0.1, -0.05) is 19.1 Å². The number of sulfone groups is 1. The van der Waals surface area contributed by atoms with Gasteiger partial charge in [-0.05, 0) is 55.7 Å². The number of benzene rings is 2. The molecule has 1 fully saturated rings. The van der Waals surface area contributed by atoms with Gasteiger partial charge in [-0.3, -0.25) is 9.36 Å². The van der Waals surface area contributed by atoms with Crippen molar-refractivity contribution >= 4 is 32.5 Å². The minimum atomic E-state index is -3.19. The van der Waals surface area contributed by atoms with Gasteiger partial charge < -0.3 is 14.6 Å². The molecule has 0 aliphatic carbocycles. The summed E-state index contributed by atoms with van der Waals surface area (Å²) in [5.74, 6) is -0.319. The first kappa shape index (κ1) is 23.1. The Hall–Kier alpha value is -3.07. The molecule has 2 heterocycles. The monoisotopic (exact) mass is 471 g/mol.